The van der Waals surface area contributed by atoms with Crippen molar-refractivity contribution >= 4 is 15.7 Å². The van der Waals surface area contributed by atoms with E-state index >= 15 is 0 Å². The molecule has 4 rings (SSSR count). The Bertz CT molecular complexity index is 982. The summed E-state index contributed by atoms with van der Waals surface area (Å²) in [6.07, 6.45) is 4.68. The molecule has 2 atom stereocenters. The first kappa shape index (κ1) is 18.3. The van der Waals surface area contributed by atoms with Crippen molar-refractivity contribution in [2.45, 2.75) is 49.6 Å². The third-order valence-electron chi connectivity index (χ3n) is 5.95. The normalized spacial score (nSPS) is 23.9. The molecule has 1 saturated heterocycles. The van der Waals surface area contributed by atoms with Gasteiger partial charge in [0.2, 0.25) is 10.0 Å². The van der Waals surface area contributed by atoms with Crippen LogP contribution in [0.25, 0.3) is 0 Å². The predicted molar refractivity (Wildman–Crippen MR) is 110 cm³/mol. The largest absolute Gasteiger partial charge is 0.363 e. The van der Waals surface area contributed by atoms with Gasteiger partial charge in [-0.2, -0.15) is 0 Å². The number of hydrogen-bond donors (Lipinski definition) is 1. The van der Waals surface area contributed by atoms with Crippen LogP contribution >= 0.6 is 0 Å². The molecule has 2 aliphatic rings. The first-order valence-corrected chi connectivity index (χ1v) is 10.9. The average molecular weight is 383 g/mol. The number of rotatable bonds is 5. The lowest BCUT2D eigenvalue weighted by atomic mass is 9.84. The molecule has 0 aliphatic carbocycles. The number of hydrogen-bond acceptors (Lipinski definition) is 3. The van der Waals surface area contributed by atoms with Crippen LogP contribution in [0.4, 0.5) is 5.69 Å². The first-order valence-electron chi connectivity index (χ1n) is 9.45. The van der Waals surface area contributed by atoms with Crippen LogP contribution < -0.4 is 9.62 Å². The molecular weight excluding hydrogens is 356 g/mol. The quantitative estimate of drug-likeness (QED) is 0.787. The van der Waals surface area contributed by atoms with Crippen molar-refractivity contribution in [1.29, 1.82) is 0 Å². The lowest BCUT2D eigenvalue weighted by Crippen LogP contribution is -2.49. The Labute approximate surface area is 162 Å². The molecule has 27 heavy (non-hydrogen) atoms. The summed E-state index contributed by atoms with van der Waals surface area (Å²) in [5.74, 6) is 0. The fourth-order valence-corrected chi connectivity index (χ4v) is 5.98. The predicted octanol–water partition coefficient (Wildman–Crippen LogP) is 4.25. The zero-order valence-electron chi connectivity index (χ0n) is 15.9. The van der Waals surface area contributed by atoms with Crippen LogP contribution in [-0.4, -0.2) is 20.5 Å². The van der Waals surface area contributed by atoms with Gasteiger partial charge in [0.25, 0.3) is 0 Å². The highest BCUT2D eigenvalue weighted by Gasteiger charge is 2.54. The number of nitrogens with zero attached hydrogens (tertiary/aromatic N) is 1. The van der Waals surface area contributed by atoms with Gasteiger partial charge in [0.15, 0.2) is 0 Å². The molecule has 0 aromatic heterocycles. The maximum absolute atomic E-state index is 13.2. The van der Waals surface area contributed by atoms with Crippen LogP contribution in [0.5, 0.6) is 0 Å². The van der Waals surface area contributed by atoms with Crippen molar-refractivity contribution in [2.24, 2.45) is 0 Å². The van der Waals surface area contributed by atoms with E-state index in [-0.39, 0.29) is 11.6 Å². The summed E-state index contributed by atoms with van der Waals surface area (Å²) in [7, 11) is -3.62. The monoisotopic (exact) mass is 382 g/mol. The molecule has 5 heteroatoms. The van der Waals surface area contributed by atoms with Gasteiger partial charge in [-0.05, 0) is 56.9 Å². The van der Waals surface area contributed by atoms with Gasteiger partial charge in [-0.1, -0.05) is 41.5 Å². The Kier molecular flexibility index (Phi) is 4.40. The van der Waals surface area contributed by atoms with E-state index in [4.69, 9.17) is 0 Å². The second-order valence-corrected chi connectivity index (χ2v) is 9.50. The summed E-state index contributed by atoms with van der Waals surface area (Å²) < 4.78 is 29.4. The van der Waals surface area contributed by atoms with Crippen LogP contribution in [0, 0.1) is 13.8 Å². The molecule has 0 radical (unpaired) electrons. The molecule has 1 fully saturated rings. The zero-order chi connectivity index (χ0) is 19.2. The van der Waals surface area contributed by atoms with E-state index in [1.54, 1.807) is 12.1 Å². The van der Waals surface area contributed by atoms with Gasteiger partial charge in [-0.3, -0.25) is 0 Å². The average Bonchev–Trinajstić information content (AvgIpc) is 3.13. The van der Waals surface area contributed by atoms with Crippen LogP contribution in [0.3, 0.4) is 0 Å². The van der Waals surface area contributed by atoms with Gasteiger partial charge in [0, 0.05) is 12.2 Å². The molecule has 2 aromatic carbocycles. The molecule has 0 bridgehead atoms. The topological polar surface area (TPSA) is 49.4 Å². The van der Waals surface area contributed by atoms with Crippen LogP contribution in [0.2, 0.25) is 0 Å². The van der Waals surface area contributed by atoms with E-state index in [1.807, 2.05) is 25.1 Å². The first-order chi connectivity index (χ1) is 12.9. The Morgan fingerprint density at radius 3 is 2.59 bits per heavy atom. The van der Waals surface area contributed by atoms with E-state index in [1.165, 1.54) is 0 Å². The number of aryl methyl sites for hydroxylation is 2. The van der Waals surface area contributed by atoms with Crippen LogP contribution in [-0.2, 0) is 10.0 Å². The van der Waals surface area contributed by atoms with Gasteiger partial charge in [-0.25, -0.2) is 13.1 Å². The van der Waals surface area contributed by atoms with E-state index in [0.29, 0.717) is 4.90 Å². The lowest BCUT2D eigenvalue weighted by molar-refractivity contribution is 0.354. The zero-order valence-corrected chi connectivity index (χ0v) is 16.7. The van der Waals surface area contributed by atoms with Crippen molar-refractivity contribution in [1.82, 2.24) is 4.72 Å². The molecule has 0 unspecified atom stereocenters. The summed E-state index contributed by atoms with van der Waals surface area (Å²) >= 11 is 0. The number of nitrogens with one attached hydrogen (secondary N) is 1. The van der Waals surface area contributed by atoms with Crippen molar-refractivity contribution in [3.63, 3.8) is 0 Å². The molecule has 2 heterocycles. The minimum absolute atomic E-state index is 0.268. The van der Waals surface area contributed by atoms with E-state index < -0.39 is 10.0 Å². The molecule has 2 aromatic rings. The maximum Gasteiger partial charge on any atom is 0.241 e. The van der Waals surface area contributed by atoms with E-state index in [0.717, 1.165) is 48.2 Å². The summed E-state index contributed by atoms with van der Waals surface area (Å²) in [5, 5.41) is 0. The number of sulfonamides is 1. The molecule has 0 amide bonds. The van der Waals surface area contributed by atoms with Gasteiger partial charge < -0.3 is 4.90 Å². The highest BCUT2D eigenvalue weighted by Crippen LogP contribution is 2.54. The van der Waals surface area contributed by atoms with Crippen molar-refractivity contribution in [3.05, 3.63) is 71.8 Å². The standard InChI is InChI=1S/C22H26N2O2S/c1-4-12-22-13-5-14-24(22)20-11-8-17(3)15-19(20)21(22)23-27(25,26)18-9-6-16(2)7-10-18/h4,6-11,15,21,23H,1,5,12-14H2,2-3H3/t21-,22+/m1/s1. The molecule has 2 aliphatic heterocycles. The van der Waals surface area contributed by atoms with Crippen LogP contribution in [0.15, 0.2) is 60.0 Å². The second-order valence-electron chi connectivity index (χ2n) is 7.78. The summed E-state index contributed by atoms with van der Waals surface area (Å²) in [6, 6.07) is 13.1. The fourth-order valence-electron chi connectivity index (χ4n) is 4.70. The molecule has 0 saturated carbocycles. The molecule has 1 N–H and O–H groups in total. The smallest absolute Gasteiger partial charge is 0.241 e. The summed E-state index contributed by atoms with van der Waals surface area (Å²) in [6.45, 7) is 8.91. The van der Waals surface area contributed by atoms with Gasteiger partial charge >= 0.3 is 0 Å². The van der Waals surface area contributed by atoms with Crippen molar-refractivity contribution in [3.8, 4) is 0 Å². The number of benzene rings is 2. The number of fused-ring (bicyclic) bond motifs is 3. The van der Waals surface area contributed by atoms with Gasteiger partial charge in [-0.15, -0.1) is 6.58 Å². The minimum Gasteiger partial charge on any atom is -0.363 e. The third kappa shape index (κ3) is 2.89. The SMILES string of the molecule is C=CC[C@@]12CCCN1c1ccc(C)cc1[C@H]2NS(=O)(=O)c1ccc(C)cc1. The Morgan fingerprint density at radius 1 is 1.19 bits per heavy atom. The lowest BCUT2D eigenvalue weighted by Gasteiger charge is -2.38. The van der Waals surface area contributed by atoms with Gasteiger partial charge in [0.05, 0.1) is 16.5 Å². The Balaban J connectivity index is 1.80. The highest BCUT2D eigenvalue weighted by molar-refractivity contribution is 7.89. The highest BCUT2D eigenvalue weighted by atomic mass is 32.2. The third-order valence-corrected chi connectivity index (χ3v) is 7.39. The molecular formula is C22H26N2O2S. The summed E-state index contributed by atoms with van der Waals surface area (Å²) in [5.41, 5.74) is 4.14. The molecule has 142 valence electrons. The van der Waals surface area contributed by atoms with Crippen molar-refractivity contribution in [2.75, 3.05) is 11.4 Å². The number of anilines is 1. The van der Waals surface area contributed by atoms with Gasteiger partial charge in [0.1, 0.15) is 0 Å². The fraction of sp³-hybridized carbons (Fsp3) is 0.364. The molecule has 4 nitrogen and oxygen atoms in total. The van der Waals surface area contributed by atoms with E-state index in [2.05, 4.69) is 41.3 Å². The van der Waals surface area contributed by atoms with Crippen LogP contribution in [0.1, 0.15) is 42.0 Å². The Morgan fingerprint density at radius 2 is 1.89 bits per heavy atom. The Hall–Kier alpha value is -2.11. The maximum atomic E-state index is 13.2. The minimum atomic E-state index is -3.62. The second kappa shape index (κ2) is 6.50. The molecule has 0 spiro atoms. The van der Waals surface area contributed by atoms with E-state index in [9.17, 15) is 8.42 Å². The summed E-state index contributed by atoms with van der Waals surface area (Å²) in [4.78, 5) is 2.71. The van der Waals surface area contributed by atoms with Crippen molar-refractivity contribution < 1.29 is 8.42 Å².